The van der Waals surface area contributed by atoms with Gasteiger partial charge in [0.15, 0.2) is 4.80 Å². The lowest BCUT2D eigenvalue weighted by atomic mass is 10.1. The number of benzene rings is 1. The zero-order chi connectivity index (χ0) is 17.3. The van der Waals surface area contributed by atoms with Crippen molar-refractivity contribution in [2.75, 3.05) is 0 Å². The van der Waals surface area contributed by atoms with Gasteiger partial charge in [-0.05, 0) is 37.5 Å². The third-order valence-corrected chi connectivity index (χ3v) is 5.31. The highest BCUT2D eigenvalue weighted by Gasteiger charge is 2.14. The summed E-state index contributed by atoms with van der Waals surface area (Å²) in [5, 5.41) is 4.12. The average Bonchev–Trinajstić information content (AvgIpc) is 3.05. The number of amides is 1. The first-order valence-electron chi connectivity index (χ1n) is 8.17. The first kappa shape index (κ1) is 16.6. The number of unbranched alkanes of at least 4 members (excludes halogenated alkanes) is 1. The molecule has 0 aliphatic rings. The quantitative estimate of drug-likeness (QED) is 0.730. The molecular formula is C18H22N4OS. The smallest absolute Gasteiger partial charge is 0.298 e. The number of carbonyl (C=O) groups is 1. The highest BCUT2D eigenvalue weighted by atomic mass is 32.1. The van der Waals surface area contributed by atoms with E-state index in [0.717, 1.165) is 17.5 Å². The Hall–Kier alpha value is -2.21. The molecule has 0 saturated carbocycles. The van der Waals surface area contributed by atoms with Gasteiger partial charge in [-0.3, -0.25) is 9.48 Å². The SMILES string of the molecule is CCCCc1ccc2c(c1)sc(=NC(=O)c1c(C)cnn1C)n2C. The Kier molecular flexibility index (Phi) is 4.66. The van der Waals surface area contributed by atoms with Crippen molar-refractivity contribution in [2.24, 2.45) is 19.1 Å². The molecule has 24 heavy (non-hydrogen) atoms. The minimum atomic E-state index is -0.249. The van der Waals surface area contributed by atoms with Gasteiger partial charge >= 0.3 is 0 Å². The van der Waals surface area contributed by atoms with E-state index in [1.165, 1.54) is 23.1 Å². The third kappa shape index (κ3) is 3.06. The van der Waals surface area contributed by atoms with Crippen molar-refractivity contribution in [3.63, 3.8) is 0 Å². The first-order chi connectivity index (χ1) is 11.5. The number of aromatic nitrogens is 3. The molecule has 0 aliphatic heterocycles. The molecule has 0 saturated heterocycles. The fourth-order valence-electron chi connectivity index (χ4n) is 2.82. The van der Waals surface area contributed by atoms with Crippen LogP contribution < -0.4 is 4.80 Å². The summed E-state index contributed by atoms with van der Waals surface area (Å²) in [7, 11) is 3.72. The van der Waals surface area contributed by atoms with Crippen LogP contribution in [0.5, 0.6) is 0 Å². The monoisotopic (exact) mass is 342 g/mol. The van der Waals surface area contributed by atoms with E-state index < -0.39 is 0 Å². The van der Waals surface area contributed by atoms with Crippen LogP contribution in [0.15, 0.2) is 29.4 Å². The summed E-state index contributed by atoms with van der Waals surface area (Å²) in [5.41, 5.74) is 3.83. The number of nitrogens with zero attached hydrogens (tertiary/aromatic N) is 4. The second-order valence-corrected chi connectivity index (χ2v) is 7.08. The van der Waals surface area contributed by atoms with E-state index in [1.54, 1.807) is 29.3 Å². The molecule has 2 aromatic heterocycles. The Morgan fingerprint density at radius 2 is 2.12 bits per heavy atom. The minimum Gasteiger partial charge on any atom is -0.319 e. The van der Waals surface area contributed by atoms with Crippen molar-refractivity contribution < 1.29 is 4.79 Å². The molecule has 2 heterocycles. The van der Waals surface area contributed by atoms with Crippen LogP contribution in [0.2, 0.25) is 0 Å². The summed E-state index contributed by atoms with van der Waals surface area (Å²) in [4.78, 5) is 17.6. The summed E-state index contributed by atoms with van der Waals surface area (Å²) >= 11 is 1.55. The van der Waals surface area contributed by atoms with Crippen LogP contribution in [0.25, 0.3) is 10.2 Å². The summed E-state index contributed by atoms with van der Waals surface area (Å²) in [6.45, 7) is 4.08. The molecule has 5 nitrogen and oxygen atoms in total. The maximum Gasteiger partial charge on any atom is 0.298 e. The van der Waals surface area contributed by atoms with Crippen molar-refractivity contribution in [3.05, 3.63) is 46.0 Å². The lowest BCUT2D eigenvalue weighted by Crippen LogP contribution is -2.15. The number of aryl methyl sites for hydroxylation is 4. The van der Waals surface area contributed by atoms with Gasteiger partial charge in [0.25, 0.3) is 5.91 Å². The van der Waals surface area contributed by atoms with Crippen molar-refractivity contribution in [2.45, 2.75) is 33.1 Å². The molecule has 0 atom stereocenters. The number of hydrogen-bond donors (Lipinski definition) is 0. The molecule has 0 radical (unpaired) electrons. The van der Waals surface area contributed by atoms with Crippen LogP contribution in [-0.2, 0) is 20.5 Å². The molecule has 0 aliphatic carbocycles. The molecule has 6 heteroatoms. The van der Waals surface area contributed by atoms with Gasteiger partial charge in [-0.2, -0.15) is 10.1 Å². The summed E-state index contributed by atoms with van der Waals surface area (Å²) in [5.74, 6) is -0.249. The van der Waals surface area contributed by atoms with E-state index in [4.69, 9.17) is 0 Å². The van der Waals surface area contributed by atoms with Gasteiger partial charge in [0.2, 0.25) is 0 Å². The predicted molar refractivity (Wildman–Crippen MR) is 97.2 cm³/mol. The molecule has 1 aromatic carbocycles. The zero-order valence-electron chi connectivity index (χ0n) is 14.5. The summed E-state index contributed by atoms with van der Waals surface area (Å²) in [6, 6.07) is 6.51. The van der Waals surface area contributed by atoms with Gasteiger partial charge in [-0.25, -0.2) is 0 Å². The van der Waals surface area contributed by atoms with Gasteiger partial charge in [-0.15, -0.1) is 0 Å². The number of thiazole rings is 1. The summed E-state index contributed by atoms with van der Waals surface area (Å²) in [6.07, 6.45) is 5.16. The highest BCUT2D eigenvalue weighted by Crippen LogP contribution is 2.20. The molecule has 0 fully saturated rings. The highest BCUT2D eigenvalue weighted by molar-refractivity contribution is 7.16. The molecular weight excluding hydrogens is 320 g/mol. The molecule has 3 aromatic rings. The Bertz CT molecular complexity index is 942. The maximum absolute atomic E-state index is 12.5. The Morgan fingerprint density at radius 1 is 1.33 bits per heavy atom. The topological polar surface area (TPSA) is 52.2 Å². The van der Waals surface area contributed by atoms with Gasteiger partial charge in [0.05, 0.1) is 16.4 Å². The molecule has 0 unspecified atom stereocenters. The Balaban J connectivity index is 2.03. The van der Waals surface area contributed by atoms with Crippen molar-refractivity contribution in [1.82, 2.24) is 14.3 Å². The standard InChI is InChI=1S/C18H22N4OS/c1-5-6-7-13-8-9-14-15(10-13)24-18(21(14)3)20-17(23)16-12(2)11-19-22(16)4/h8-11H,5-7H2,1-4H3. The van der Waals surface area contributed by atoms with E-state index >= 15 is 0 Å². The van der Waals surface area contributed by atoms with Crippen LogP contribution in [0.1, 0.15) is 41.4 Å². The number of fused-ring (bicyclic) bond motifs is 1. The van der Waals surface area contributed by atoms with E-state index in [9.17, 15) is 4.79 Å². The number of hydrogen-bond acceptors (Lipinski definition) is 3. The van der Waals surface area contributed by atoms with Gasteiger partial charge in [0.1, 0.15) is 5.69 Å². The number of rotatable bonds is 4. The van der Waals surface area contributed by atoms with Crippen LogP contribution in [0, 0.1) is 6.92 Å². The van der Waals surface area contributed by atoms with Gasteiger partial charge in [-0.1, -0.05) is 30.7 Å². The normalized spacial score (nSPS) is 12.2. The zero-order valence-corrected chi connectivity index (χ0v) is 15.4. The van der Waals surface area contributed by atoms with E-state index in [2.05, 4.69) is 35.2 Å². The molecule has 3 rings (SSSR count). The van der Waals surface area contributed by atoms with E-state index in [1.807, 2.05) is 18.5 Å². The van der Waals surface area contributed by atoms with E-state index in [0.29, 0.717) is 10.5 Å². The maximum atomic E-state index is 12.5. The lowest BCUT2D eigenvalue weighted by molar-refractivity contribution is 0.0988. The van der Waals surface area contributed by atoms with Crippen LogP contribution in [0.3, 0.4) is 0 Å². The van der Waals surface area contributed by atoms with Crippen LogP contribution in [-0.4, -0.2) is 20.3 Å². The van der Waals surface area contributed by atoms with Crippen molar-refractivity contribution in [3.8, 4) is 0 Å². The van der Waals surface area contributed by atoms with Crippen LogP contribution in [0.4, 0.5) is 0 Å². The largest absolute Gasteiger partial charge is 0.319 e. The van der Waals surface area contributed by atoms with Crippen molar-refractivity contribution in [1.29, 1.82) is 0 Å². The Labute approximate surface area is 145 Å². The first-order valence-corrected chi connectivity index (χ1v) is 8.99. The molecule has 126 valence electrons. The fourth-order valence-corrected chi connectivity index (χ4v) is 3.90. The molecule has 0 spiro atoms. The van der Waals surface area contributed by atoms with Crippen molar-refractivity contribution >= 4 is 27.5 Å². The molecule has 0 bridgehead atoms. The second kappa shape index (κ2) is 6.73. The average molecular weight is 342 g/mol. The lowest BCUT2D eigenvalue weighted by Gasteiger charge is -2.00. The molecule has 0 N–H and O–H groups in total. The molecule has 1 amide bonds. The number of carbonyl (C=O) groups excluding carboxylic acids is 1. The van der Waals surface area contributed by atoms with Gasteiger partial charge in [0, 0.05) is 19.7 Å². The van der Waals surface area contributed by atoms with Crippen LogP contribution >= 0.6 is 11.3 Å². The Morgan fingerprint density at radius 3 is 2.79 bits per heavy atom. The third-order valence-electron chi connectivity index (χ3n) is 4.21. The van der Waals surface area contributed by atoms with Gasteiger partial charge < -0.3 is 4.57 Å². The fraction of sp³-hybridized carbons (Fsp3) is 0.389. The minimum absolute atomic E-state index is 0.249. The summed E-state index contributed by atoms with van der Waals surface area (Å²) < 4.78 is 4.73. The van der Waals surface area contributed by atoms with E-state index in [-0.39, 0.29) is 5.91 Å². The predicted octanol–water partition coefficient (Wildman–Crippen LogP) is 3.37. The second-order valence-electron chi connectivity index (χ2n) is 6.07.